The third kappa shape index (κ3) is 4.02. The number of aromatic nitrogens is 6. The normalized spacial score (nSPS) is 10.8. The summed E-state index contributed by atoms with van der Waals surface area (Å²) in [7, 11) is 1.96. The van der Waals surface area contributed by atoms with E-state index in [9.17, 15) is 0 Å². The lowest BCUT2D eigenvalue weighted by Crippen LogP contribution is -1.90. The van der Waals surface area contributed by atoms with Gasteiger partial charge in [-0.15, -0.1) is 0 Å². The second-order valence-electron chi connectivity index (χ2n) is 6.16. The Morgan fingerprint density at radius 2 is 1.64 bits per heavy atom. The van der Waals surface area contributed by atoms with Crippen molar-refractivity contribution in [3.63, 3.8) is 0 Å². The van der Waals surface area contributed by atoms with E-state index in [4.69, 9.17) is 0 Å². The van der Waals surface area contributed by atoms with Crippen molar-refractivity contribution in [2.75, 3.05) is 0 Å². The molecule has 0 aromatic carbocycles. The topological polar surface area (TPSA) is 72.3 Å². The van der Waals surface area contributed by atoms with Gasteiger partial charge in [0.05, 0.1) is 18.2 Å². The van der Waals surface area contributed by atoms with Crippen LogP contribution in [0.3, 0.4) is 0 Å². The lowest BCUT2D eigenvalue weighted by atomic mass is 10.2. The smallest absolute Gasteiger partial charge is 0.177 e. The van der Waals surface area contributed by atoms with Crippen LogP contribution in [0.1, 0.15) is 37.8 Å². The number of hydrogen-bond donors (Lipinski definition) is 1. The number of pyridine rings is 2. The fourth-order valence-electron chi connectivity index (χ4n) is 2.78. The summed E-state index contributed by atoms with van der Waals surface area (Å²) in [5.41, 5.74) is 6.33. The molecule has 6 heteroatoms. The number of nitrogens with zero attached hydrogens (tertiary/aromatic N) is 5. The van der Waals surface area contributed by atoms with Crippen molar-refractivity contribution in [2.45, 2.75) is 39.5 Å². The van der Waals surface area contributed by atoms with Crippen LogP contribution in [0.4, 0.5) is 0 Å². The number of H-pyrrole nitrogens is 1. The van der Waals surface area contributed by atoms with E-state index in [1.54, 1.807) is 12.7 Å². The zero-order chi connectivity index (χ0) is 17.6. The second kappa shape index (κ2) is 7.88. The number of fused-ring (bicyclic) bond motifs is 2. The molecule has 0 saturated carbocycles. The van der Waals surface area contributed by atoms with Crippen LogP contribution in [-0.2, 0) is 19.9 Å². The number of hydrogen-bond acceptors (Lipinski definition) is 4. The Morgan fingerprint density at radius 1 is 0.920 bits per heavy atom. The molecular formula is C19H24N6. The molecule has 0 fully saturated rings. The van der Waals surface area contributed by atoms with E-state index in [-0.39, 0.29) is 0 Å². The van der Waals surface area contributed by atoms with Crippen molar-refractivity contribution in [3.8, 4) is 0 Å². The Balaban J connectivity index is 0.000000146. The van der Waals surface area contributed by atoms with Gasteiger partial charge in [0.25, 0.3) is 0 Å². The largest absolute Gasteiger partial charge is 0.343 e. The first kappa shape index (κ1) is 17.1. The number of aromatic amines is 1. The minimum atomic E-state index is 0.801. The Labute approximate surface area is 147 Å². The molecule has 130 valence electrons. The van der Waals surface area contributed by atoms with Crippen LogP contribution >= 0.6 is 0 Å². The molecule has 4 heterocycles. The van der Waals surface area contributed by atoms with Crippen molar-refractivity contribution >= 4 is 22.3 Å². The van der Waals surface area contributed by atoms with Crippen LogP contribution in [-0.4, -0.2) is 29.5 Å². The van der Waals surface area contributed by atoms with Gasteiger partial charge >= 0.3 is 0 Å². The van der Waals surface area contributed by atoms with Crippen LogP contribution in [0.25, 0.3) is 22.3 Å². The molecule has 0 radical (unpaired) electrons. The van der Waals surface area contributed by atoms with Gasteiger partial charge in [0.1, 0.15) is 5.52 Å². The average Bonchev–Trinajstić information content (AvgIpc) is 3.22. The first-order valence-corrected chi connectivity index (χ1v) is 8.75. The molecule has 6 nitrogen and oxygen atoms in total. The van der Waals surface area contributed by atoms with E-state index >= 15 is 0 Å². The molecule has 0 aliphatic rings. The lowest BCUT2D eigenvalue weighted by Gasteiger charge is -1.97. The van der Waals surface area contributed by atoms with E-state index in [0.29, 0.717) is 0 Å². The highest BCUT2D eigenvalue weighted by Gasteiger charge is 2.01. The fraction of sp³-hybridized carbons (Fsp3) is 0.368. The molecule has 4 aromatic rings. The highest BCUT2D eigenvalue weighted by atomic mass is 15.1. The second-order valence-corrected chi connectivity index (χ2v) is 6.16. The van der Waals surface area contributed by atoms with Crippen LogP contribution in [0.2, 0.25) is 0 Å². The summed E-state index contributed by atoms with van der Waals surface area (Å²) in [6.07, 6.45) is 11.8. The monoisotopic (exact) mass is 336 g/mol. The summed E-state index contributed by atoms with van der Waals surface area (Å²) in [5, 5.41) is 0. The summed E-state index contributed by atoms with van der Waals surface area (Å²) >= 11 is 0. The molecule has 0 aliphatic heterocycles. The summed E-state index contributed by atoms with van der Waals surface area (Å²) in [5.74, 6) is 0. The molecule has 4 aromatic heterocycles. The van der Waals surface area contributed by atoms with Gasteiger partial charge in [0.2, 0.25) is 0 Å². The Hall–Kier alpha value is -2.76. The molecule has 0 atom stereocenters. The molecule has 0 saturated heterocycles. The lowest BCUT2D eigenvalue weighted by molar-refractivity contribution is 0.908. The highest BCUT2D eigenvalue weighted by molar-refractivity contribution is 5.71. The maximum absolute atomic E-state index is 4.36. The van der Waals surface area contributed by atoms with Gasteiger partial charge < -0.3 is 9.55 Å². The number of aryl methyl sites for hydroxylation is 3. The van der Waals surface area contributed by atoms with Gasteiger partial charge in [-0.05, 0) is 36.1 Å². The third-order valence-electron chi connectivity index (χ3n) is 4.02. The molecule has 25 heavy (non-hydrogen) atoms. The Morgan fingerprint density at radius 3 is 2.40 bits per heavy atom. The maximum atomic E-state index is 4.36. The zero-order valence-electron chi connectivity index (χ0n) is 15.0. The van der Waals surface area contributed by atoms with Crippen LogP contribution in [0.15, 0.2) is 37.2 Å². The summed E-state index contributed by atoms with van der Waals surface area (Å²) in [6.45, 7) is 4.33. The van der Waals surface area contributed by atoms with Crippen LogP contribution < -0.4 is 0 Å². The van der Waals surface area contributed by atoms with Crippen molar-refractivity contribution in [1.82, 2.24) is 29.5 Å². The molecule has 0 aliphatic carbocycles. The van der Waals surface area contributed by atoms with Gasteiger partial charge in [0.15, 0.2) is 11.3 Å². The van der Waals surface area contributed by atoms with Crippen molar-refractivity contribution in [1.29, 1.82) is 0 Å². The van der Waals surface area contributed by atoms with Gasteiger partial charge in [-0.25, -0.2) is 19.9 Å². The molecule has 4 rings (SSSR count). The first-order chi connectivity index (χ1) is 12.2. The molecular weight excluding hydrogens is 312 g/mol. The van der Waals surface area contributed by atoms with Crippen molar-refractivity contribution < 1.29 is 0 Å². The maximum Gasteiger partial charge on any atom is 0.177 e. The quantitative estimate of drug-likeness (QED) is 0.615. The average molecular weight is 336 g/mol. The predicted octanol–water partition coefficient (Wildman–Crippen LogP) is 3.83. The van der Waals surface area contributed by atoms with Gasteiger partial charge in [-0.2, -0.15) is 0 Å². The summed E-state index contributed by atoms with van der Waals surface area (Å²) in [4.78, 5) is 19.9. The Bertz CT molecular complexity index is 953. The number of imidazole rings is 2. The van der Waals surface area contributed by atoms with E-state index in [1.165, 1.54) is 11.1 Å². The fourth-order valence-corrected chi connectivity index (χ4v) is 2.78. The van der Waals surface area contributed by atoms with Crippen molar-refractivity contribution in [3.05, 3.63) is 48.3 Å². The zero-order valence-corrected chi connectivity index (χ0v) is 15.0. The third-order valence-corrected chi connectivity index (χ3v) is 4.02. The van der Waals surface area contributed by atoms with Gasteiger partial charge in [-0.3, -0.25) is 0 Å². The first-order valence-electron chi connectivity index (χ1n) is 8.75. The Kier molecular flexibility index (Phi) is 5.38. The van der Waals surface area contributed by atoms with Gasteiger partial charge in [-0.1, -0.05) is 26.7 Å². The summed E-state index contributed by atoms with van der Waals surface area (Å²) in [6, 6.07) is 4.23. The molecule has 1 N–H and O–H groups in total. The van der Waals surface area contributed by atoms with E-state index in [0.717, 1.165) is 48.0 Å². The molecule has 0 bridgehead atoms. The van der Waals surface area contributed by atoms with Crippen LogP contribution in [0.5, 0.6) is 0 Å². The van der Waals surface area contributed by atoms with Crippen LogP contribution in [0, 0.1) is 0 Å². The van der Waals surface area contributed by atoms with E-state index < -0.39 is 0 Å². The molecule has 0 spiro atoms. The predicted molar refractivity (Wildman–Crippen MR) is 100 cm³/mol. The van der Waals surface area contributed by atoms with Crippen molar-refractivity contribution in [2.24, 2.45) is 7.05 Å². The number of nitrogens with one attached hydrogen (secondary N) is 1. The van der Waals surface area contributed by atoms with Gasteiger partial charge in [0, 0.05) is 19.4 Å². The SMILES string of the molecule is CCCc1cnc2c(c1)ncn2C.CCCc1cnc2nc[nH]c2c1. The molecule has 0 unspecified atom stereocenters. The van der Waals surface area contributed by atoms with E-state index in [1.807, 2.05) is 24.0 Å². The van der Waals surface area contributed by atoms with E-state index in [2.05, 4.69) is 50.9 Å². The minimum Gasteiger partial charge on any atom is -0.343 e. The molecule has 0 amide bonds. The summed E-state index contributed by atoms with van der Waals surface area (Å²) < 4.78 is 1.94. The number of rotatable bonds is 4. The minimum absolute atomic E-state index is 0.801. The highest BCUT2D eigenvalue weighted by Crippen LogP contribution is 2.11. The standard InChI is InChI=1S/C10H13N3.C9H11N3/c1-3-4-8-5-9-10(11-6-8)13(2)7-12-9;1-2-3-7-4-8-9(10-5-7)12-6-11-8/h5-7H,3-4H2,1-2H3;4-6H,2-3H2,1H3,(H,10,11,12).